The molecule has 0 aromatic rings. The van der Waals surface area contributed by atoms with Gasteiger partial charge in [0.1, 0.15) is 0 Å². The van der Waals surface area contributed by atoms with Crippen LogP contribution in [0.2, 0.25) is 0 Å². The Morgan fingerprint density at radius 2 is 1.24 bits per heavy atom. The molecule has 29 heavy (non-hydrogen) atoms. The summed E-state index contributed by atoms with van der Waals surface area (Å²) in [6.07, 6.45) is 26.0. The van der Waals surface area contributed by atoms with Crippen molar-refractivity contribution in [3.63, 3.8) is 0 Å². The third kappa shape index (κ3) is 7.26. The van der Waals surface area contributed by atoms with Gasteiger partial charge in [-0.05, 0) is 63.7 Å². The van der Waals surface area contributed by atoms with Gasteiger partial charge >= 0.3 is 0 Å². The van der Waals surface area contributed by atoms with Gasteiger partial charge in [-0.15, -0.1) is 0 Å². The highest BCUT2D eigenvalue weighted by Crippen LogP contribution is 2.58. The lowest BCUT2D eigenvalue weighted by Gasteiger charge is -2.49. The van der Waals surface area contributed by atoms with E-state index in [0.717, 1.165) is 23.9 Å². The monoisotopic (exact) mass is 405 g/mol. The number of rotatable bonds is 17. The molecule has 1 heteroatoms. The molecule has 2 fully saturated rings. The average molecular weight is 406 g/mol. The lowest BCUT2D eigenvalue weighted by Crippen LogP contribution is -2.55. The molecular formula is C28H55N. The Morgan fingerprint density at radius 1 is 0.690 bits per heavy atom. The van der Waals surface area contributed by atoms with Gasteiger partial charge in [0.25, 0.3) is 0 Å². The molecule has 1 heterocycles. The van der Waals surface area contributed by atoms with Crippen LogP contribution in [0.15, 0.2) is 0 Å². The van der Waals surface area contributed by atoms with E-state index in [9.17, 15) is 0 Å². The van der Waals surface area contributed by atoms with Crippen molar-refractivity contribution >= 4 is 0 Å². The smallest absolute Gasteiger partial charge is 0.0219 e. The molecule has 1 aliphatic heterocycles. The van der Waals surface area contributed by atoms with E-state index in [2.05, 4.69) is 39.5 Å². The van der Waals surface area contributed by atoms with Gasteiger partial charge < -0.3 is 0 Å². The second-order valence-electron chi connectivity index (χ2n) is 10.9. The summed E-state index contributed by atoms with van der Waals surface area (Å²) in [6.45, 7) is 12.1. The SMILES string of the molecule is CCCCCCC(CCCCC)N1C(C(CCCC)CCCC)CCC2C[C@@]21C. The Kier molecular flexibility index (Phi) is 11.6. The Hall–Kier alpha value is -0.0400. The molecule has 0 aromatic carbocycles. The van der Waals surface area contributed by atoms with E-state index in [1.807, 2.05) is 0 Å². The van der Waals surface area contributed by atoms with Gasteiger partial charge in [0.2, 0.25) is 0 Å². The third-order valence-electron chi connectivity index (χ3n) is 8.46. The normalized spacial score (nSPS) is 27.9. The first kappa shape index (κ1) is 25.2. The molecule has 0 aromatic heterocycles. The molecule has 1 aliphatic carbocycles. The van der Waals surface area contributed by atoms with E-state index in [1.165, 1.54) is 116 Å². The maximum Gasteiger partial charge on any atom is 0.0219 e. The lowest BCUT2D eigenvalue weighted by molar-refractivity contribution is -0.00982. The first-order valence-electron chi connectivity index (χ1n) is 13.9. The first-order chi connectivity index (χ1) is 14.1. The molecule has 0 radical (unpaired) electrons. The van der Waals surface area contributed by atoms with Crippen LogP contribution in [0.3, 0.4) is 0 Å². The predicted octanol–water partition coefficient (Wildman–Crippen LogP) is 9.15. The zero-order valence-electron chi connectivity index (χ0n) is 21.0. The molecule has 1 saturated heterocycles. The fraction of sp³-hybridized carbons (Fsp3) is 1.00. The summed E-state index contributed by atoms with van der Waals surface area (Å²) in [4.78, 5) is 3.19. The largest absolute Gasteiger partial charge is 0.291 e. The van der Waals surface area contributed by atoms with Crippen LogP contribution in [0.1, 0.15) is 150 Å². The Balaban J connectivity index is 2.15. The van der Waals surface area contributed by atoms with Gasteiger partial charge in [-0.2, -0.15) is 0 Å². The number of unbranched alkanes of at least 4 members (excludes halogenated alkanes) is 7. The lowest BCUT2D eigenvalue weighted by atomic mass is 9.80. The maximum atomic E-state index is 3.19. The average Bonchev–Trinajstić information content (AvgIpc) is 3.41. The fourth-order valence-corrected chi connectivity index (χ4v) is 6.53. The second-order valence-corrected chi connectivity index (χ2v) is 10.9. The fourth-order valence-electron chi connectivity index (χ4n) is 6.53. The number of fused-ring (bicyclic) bond motifs is 1. The molecule has 3 unspecified atom stereocenters. The molecule has 2 aliphatic rings. The van der Waals surface area contributed by atoms with E-state index in [4.69, 9.17) is 0 Å². The van der Waals surface area contributed by atoms with Crippen LogP contribution in [0.25, 0.3) is 0 Å². The minimum Gasteiger partial charge on any atom is -0.291 e. The number of piperidine rings is 1. The summed E-state index contributed by atoms with van der Waals surface area (Å²) < 4.78 is 0. The van der Waals surface area contributed by atoms with E-state index < -0.39 is 0 Å². The van der Waals surface area contributed by atoms with Gasteiger partial charge in [0.15, 0.2) is 0 Å². The summed E-state index contributed by atoms with van der Waals surface area (Å²) in [6, 6.07) is 1.75. The van der Waals surface area contributed by atoms with Gasteiger partial charge in [-0.25, -0.2) is 0 Å². The zero-order valence-corrected chi connectivity index (χ0v) is 21.0. The van der Waals surface area contributed by atoms with Gasteiger partial charge in [0, 0.05) is 17.6 Å². The molecule has 1 nitrogen and oxygen atoms in total. The molecule has 0 bridgehead atoms. The number of nitrogens with zero attached hydrogens (tertiary/aromatic N) is 1. The Labute approximate surface area is 184 Å². The van der Waals surface area contributed by atoms with E-state index in [0.29, 0.717) is 5.54 Å². The van der Waals surface area contributed by atoms with Crippen molar-refractivity contribution in [2.45, 2.75) is 168 Å². The Morgan fingerprint density at radius 3 is 1.83 bits per heavy atom. The molecule has 172 valence electrons. The summed E-state index contributed by atoms with van der Waals surface area (Å²) in [5.41, 5.74) is 0.557. The van der Waals surface area contributed by atoms with Crippen LogP contribution >= 0.6 is 0 Å². The van der Waals surface area contributed by atoms with Crippen molar-refractivity contribution in [2.24, 2.45) is 11.8 Å². The van der Waals surface area contributed by atoms with Crippen molar-refractivity contribution < 1.29 is 0 Å². The zero-order chi connectivity index (χ0) is 21.1. The van der Waals surface area contributed by atoms with E-state index in [1.54, 1.807) is 0 Å². The standard InChI is InChI=1S/C28H55N/c1-6-10-14-16-20-26(19-15-11-7-2)29-27(22-21-25-23-28(25,29)5)24(17-12-8-3)18-13-9-4/h24-27H,6-23H2,1-5H3/t25?,26?,27?,28-/m0/s1. The number of hydrogen-bond donors (Lipinski definition) is 0. The Bertz CT molecular complexity index is 411. The van der Waals surface area contributed by atoms with Crippen LogP contribution in [0.4, 0.5) is 0 Å². The van der Waals surface area contributed by atoms with Crippen LogP contribution < -0.4 is 0 Å². The van der Waals surface area contributed by atoms with E-state index >= 15 is 0 Å². The summed E-state index contributed by atoms with van der Waals surface area (Å²) in [7, 11) is 0. The number of likely N-dealkylation sites (tertiary alicyclic amines) is 1. The first-order valence-corrected chi connectivity index (χ1v) is 13.9. The third-order valence-corrected chi connectivity index (χ3v) is 8.46. The quantitative estimate of drug-likeness (QED) is 0.218. The van der Waals surface area contributed by atoms with Crippen LogP contribution in [-0.2, 0) is 0 Å². The van der Waals surface area contributed by atoms with Crippen molar-refractivity contribution in [3.05, 3.63) is 0 Å². The molecule has 0 N–H and O–H groups in total. The molecule has 0 spiro atoms. The summed E-state index contributed by atoms with van der Waals surface area (Å²) in [5.74, 6) is 1.97. The van der Waals surface area contributed by atoms with Crippen molar-refractivity contribution in [1.29, 1.82) is 0 Å². The summed E-state index contributed by atoms with van der Waals surface area (Å²) >= 11 is 0. The number of hydrogen-bond acceptors (Lipinski definition) is 1. The van der Waals surface area contributed by atoms with E-state index in [-0.39, 0.29) is 0 Å². The van der Waals surface area contributed by atoms with Gasteiger partial charge in [-0.1, -0.05) is 98.3 Å². The highest BCUT2D eigenvalue weighted by molar-refractivity contribution is 5.15. The predicted molar refractivity (Wildman–Crippen MR) is 131 cm³/mol. The minimum atomic E-state index is 0.557. The summed E-state index contributed by atoms with van der Waals surface area (Å²) in [5, 5.41) is 0. The van der Waals surface area contributed by atoms with Gasteiger partial charge in [0.05, 0.1) is 0 Å². The molecule has 0 amide bonds. The second kappa shape index (κ2) is 13.4. The van der Waals surface area contributed by atoms with Crippen LogP contribution in [0.5, 0.6) is 0 Å². The molecule has 4 atom stereocenters. The van der Waals surface area contributed by atoms with Crippen LogP contribution in [-0.4, -0.2) is 22.5 Å². The van der Waals surface area contributed by atoms with Crippen LogP contribution in [0, 0.1) is 11.8 Å². The molecule has 2 rings (SSSR count). The van der Waals surface area contributed by atoms with Crippen molar-refractivity contribution in [2.75, 3.05) is 0 Å². The maximum absolute atomic E-state index is 3.19. The van der Waals surface area contributed by atoms with Crippen molar-refractivity contribution in [3.8, 4) is 0 Å². The molecular weight excluding hydrogens is 350 g/mol. The van der Waals surface area contributed by atoms with Gasteiger partial charge in [-0.3, -0.25) is 4.90 Å². The van der Waals surface area contributed by atoms with Crippen molar-refractivity contribution in [1.82, 2.24) is 4.90 Å². The minimum absolute atomic E-state index is 0.557. The molecule has 1 saturated carbocycles. The topological polar surface area (TPSA) is 3.24 Å². The highest BCUT2D eigenvalue weighted by atomic mass is 15.3. The highest BCUT2D eigenvalue weighted by Gasteiger charge is 2.60.